The van der Waals surface area contributed by atoms with Crippen molar-refractivity contribution in [3.63, 3.8) is 0 Å². The van der Waals surface area contributed by atoms with Crippen molar-refractivity contribution in [2.45, 2.75) is 47.1 Å². The van der Waals surface area contributed by atoms with Crippen LogP contribution in [0.1, 0.15) is 41.5 Å². The molecule has 0 heterocycles. The fourth-order valence-electron chi connectivity index (χ4n) is 2.71. The van der Waals surface area contributed by atoms with Crippen molar-refractivity contribution in [3.05, 3.63) is 0 Å². The summed E-state index contributed by atoms with van der Waals surface area (Å²) >= 11 is 0. The summed E-state index contributed by atoms with van der Waals surface area (Å²) in [5.41, 5.74) is 0.103. The van der Waals surface area contributed by atoms with Crippen LogP contribution in [0.2, 0.25) is 0 Å². The Morgan fingerprint density at radius 3 is 1.08 bits per heavy atom. The van der Waals surface area contributed by atoms with Gasteiger partial charge in [-0.2, -0.15) is 0 Å². The predicted octanol–water partition coefficient (Wildman–Crippen LogP) is 1.99. The maximum Gasteiger partial charge on any atom is 0.146 e. The second kappa shape index (κ2) is 4.42. The molecule has 0 aromatic heterocycles. The van der Waals surface area contributed by atoms with E-state index in [0.29, 0.717) is 17.8 Å². The van der Waals surface area contributed by atoms with Gasteiger partial charge in [0.2, 0.25) is 0 Å². The predicted molar refractivity (Wildman–Crippen MR) is 58.3 cm³/mol. The lowest BCUT2D eigenvalue weighted by Gasteiger charge is -2.44. The third kappa shape index (κ3) is 1.91. The lowest BCUT2D eigenvalue weighted by molar-refractivity contribution is -0.0554. The Balaban J connectivity index is 4.77. The fraction of sp³-hybridized carbons (Fsp3) is 1.00. The van der Waals surface area contributed by atoms with Crippen molar-refractivity contribution in [3.8, 4) is 0 Å². The van der Waals surface area contributed by atoms with Gasteiger partial charge < -0.3 is 4.43 Å². The van der Waals surface area contributed by atoms with Crippen molar-refractivity contribution in [2.75, 3.05) is 0 Å². The first-order chi connectivity index (χ1) is 5.39. The minimum Gasteiger partial charge on any atom is -0.422 e. The highest BCUT2D eigenvalue weighted by Crippen LogP contribution is 2.36. The van der Waals surface area contributed by atoms with Crippen LogP contribution in [-0.2, 0) is 4.43 Å². The van der Waals surface area contributed by atoms with Gasteiger partial charge in [0.25, 0.3) is 0 Å². The molecule has 0 bridgehead atoms. The van der Waals surface area contributed by atoms with Crippen LogP contribution < -0.4 is 0 Å². The molecule has 0 spiro atoms. The van der Waals surface area contributed by atoms with Crippen LogP contribution in [0.15, 0.2) is 0 Å². The average Bonchev–Trinajstić information content (AvgIpc) is 1.86. The zero-order valence-corrected chi connectivity index (χ0v) is 11.6. The maximum absolute atomic E-state index is 5.86. The molecule has 0 aliphatic carbocycles. The molecule has 74 valence electrons. The minimum atomic E-state index is 0.103. The molecular weight excluding hydrogens is 164 g/mol. The van der Waals surface area contributed by atoms with Gasteiger partial charge in [-0.15, -0.1) is 0 Å². The minimum absolute atomic E-state index is 0.103. The molecule has 0 saturated heterocycles. The third-order valence-electron chi connectivity index (χ3n) is 3.06. The normalized spacial score (nSPS) is 13.8. The van der Waals surface area contributed by atoms with Crippen molar-refractivity contribution >= 4 is 10.5 Å². The van der Waals surface area contributed by atoms with E-state index in [4.69, 9.17) is 4.43 Å². The van der Waals surface area contributed by atoms with Crippen LogP contribution in [0.25, 0.3) is 0 Å². The summed E-state index contributed by atoms with van der Waals surface area (Å²) in [5.74, 6) is 1.82. The van der Waals surface area contributed by atoms with Crippen LogP contribution in [0, 0.1) is 17.8 Å². The molecule has 0 amide bonds. The van der Waals surface area contributed by atoms with Gasteiger partial charge in [0, 0.05) is 0 Å². The first kappa shape index (κ1) is 12.2. The molecule has 0 rings (SSSR count). The summed E-state index contributed by atoms with van der Waals surface area (Å²) < 4.78 is 5.86. The van der Waals surface area contributed by atoms with Crippen LogP contribution in [0.4, 0.5) is 0 Å². The number of hydrogen-bond donors (Lipinski definition) is 0. The summed E-state index contributed by atoms with van der Waals surface area (Å²) in [6.45, 7) is 13.6. The van der Waals surface area contributed by atoms with Crippen molar-refractivity contribution in [1.82, 2.24) is 0 Å². The van der Waals surface area contributed by atoms with E-state index < -0.39 is 0 Å². The van der Waals surface area contributed by atoms with E-state index >= 15 is 0 Å². The standard InChI is InChI=1S/C10H24OSi/c1-7(2)10(11-12,8(3)4)9(5)6/h7-9H,1-6,12H3. The van der Waals surface area contributed by atoms with Gasteiger partial charge in [0.05, 0.1) is 5.60 Å². The van der Waals surface area contributed by atoms with Gasteiger partial charge in [-0.1, -0.05) is 41.5 Å². The highest BCUT2D eigenvalue weighted by molar-refractivity contribution is 5.98. The lowest BCUT2D eigenvalue weighted by atomic mass is 9.73. The first-order valence-corrected chi connectivity index (χ1v) is 5.76. The van der Waals surface area contributed by atoms with Crippen molar-refractivity contribution < 1.29 is 4.43 Å². The molecule has 0 aromatic rings. The molecule has 0 aromatic carbocycles. The van der Waals surface area contributed by atoms with E-state index in [2.05, 4.69) is 41.5 Å². The first-order valence-electron chi connectivity index (χ1n) is 4.94. The molecular formula is C10H24OSi. The van der Waals surface area contributed by atoms with Crippen molar-refractivity contribution in [1.29, 1.82) is 0 Å². The molecule has 0 saturated carbocycles. The van der Waals surface area contributed by atoms with Gasteiger partial charge in [-0.3, -0.25) is 0 Å². The summed E-state index contributed by atoms with van der Waals surface area (Å²) in [5, 5.41) is 0. The molecule has 12 heavy (non-hydrogen) atoms. The number of rotatable bonds is 4. The van der Waals surface area contributed by atoms with E-state index in [-0.39, 0.29) is 5.60 Å². The zero-order valence-electron chi connectivity index (χ0n) is 9.64. The van der Waals surface area contributed by atoms with Gasteiger partial charge in [-0.05, 0) is 17.8 Å². The SMILES string of the molecule is CC(C)C(O[SiH3])(C(C)C)C(C)C. The second-order valence-corrected chi connectivity index (χ2v) is 4.93. The van der Waals surface area contributed by atoms with E-state index in [1.165, 1.54) is 0 Å². The van der Waals surface area contributed by atoms with Crippen LogP contribution in [0.5, 0.6) is 0 Å². The fourth-order valence-corrected chi connectivity index (χ4v) is 4.12. The Hall–Kier alpha value is 0.177. The van der Waals surface area contributed by atoms with Crippen LogP contribution in [0.3, 0.4) is 0 Å². The third-order valence-corrected chi connectivity index (χ3v) is 3.77. The molecule has 2 heteroatoms. The van der Waals surface area contributed by atoms with E-state index in [9.17, 15) is 0 Å². The topological polar surface area (TPSA) is 9.23 Å². The van der Waals surface area contributed by atoms with Crippen molar-refractivity contribution in [2.24, 2.45) is 17.8 Å². The Kier molecular flexibility index (Phi) is 4.49. The van der Waals surface area contributed by atoms with E-state index in [0.717, 1.165) is 10.5 Å². The molecule has 0 radical (unpaired) electrons. The largest absolute Gasteiger partial charge is 0.422 e. The Bertz CT molecular complexity index is 108. The summed E-state index contributed by atoms with van der Waals surface area (Å²) in [6.07, 6.45) is 0. The van der Waals surface area contributed by atoms with Gasteiger partial charge in [0.1, 0.15) is 10.5 Å². The monoisotopic (exact) mass is 188 g/mol. The molecule has 1 nitrogen and oxygen atoms in total. The summed E-state index contributed by atoms with van der Waals surface area (Å²) in [6, 6.07) is 0. The molecule has 0 aliphatic rings. The number of hydrogen-bond acceptors (Lipinski definition) is 1. The van der Waals surface area contributed by atoms with Gasteiger partial charge in [-0.25, -0.2) is 0 Å². The molecule has 0 fully saturated rings. The molecule has 0 aliphatic heterocycles. The second-order valence-electron chi connectivity index (χ2n) is 4.52. The lowest BCUT2D eigenvalue weighted by Crippen LogP contribution is -2.47. The average molecular weight is 188 g/mol. The highest BCUT2D eigenvalue weighted by Gasteiger charge is 2.39. The van der Waals surface area contributed by atoms with Gasteiger partial charge in [0.15, 0.2) is 0 Å². The molecule has 0 atom stereocenters. The zero-order chi connectivity index (χ0) is 9.94. The van der Waals surface area contributed by atoms with Gasteiger partial charge >= 0.3 is 0 Å². The Morgan fingerprint density at radius 1 is 0.833 bits per heavy atom. The van der Waals surface area contributed by atoms with Crippen LogP contribution in [-0.4, -0.2) is 16.1 Å². The highest BCUT2D eigenvalue weighted by atomic mass is 28.2. The molecule has 0 N–H and O–H groups in total. The summed E-state index contributed by atoms with van der Waals surface area (Å²) in [4.78, 5) is 0. The smallest absolute Gasteiger partial charge is 0.146 e. The molecule has 0 unspecified atom stereocenters. The van der Waals surface area contributed by atoms with E-state index in [1.54, 1.807) is 0 Å². The summed E-state index contributed by atoms with van der Waals surface area (Å²) in [7, 11) is 0.840. The van der Waals surface area contributed by atoms with Crippen LogP contribution >= 0.6 is 0 Å². The van der Waals surface area contributed by atoms with E-state index in [1.807, 2.05) is 0 Å². The maximum atomic E-state index is 5.86. The Labute approximate surface area is 80.4 Å². The quantitative estimate of drug-likeness (QED) is 0.613. The Morgan fingerprint density at radius 2 is 1.08 bits per heavy atom.